The number of aliphatic imine (C=N–C) groups is 1. The number of guanidine groups is 1. The number of hydrogen-bond acceptors (Lipinski definition) is 3. The molecule has 2 aliphatic heterocycles. The molecule has 2 heterocycles. The molecule has 2 saturated heterocycles. The lowest BCUT2D eigenvalue weighted by atomic mass is 10.2. The largest absolute Gasteiger partial charge is 0.492 e. The van der Waals surface area contributed by atoms with Crippen molar-refractivity contribution in [2.24, 2.45) is 4.99 Å². The van der Waals surface area contributed by atoms with Crippen LogP contribution in [0.3, 0.4) is 0 Å². The Morgan fingerprint density at radius 3 is 2.77 bits per heavy atom. The Kier molecular flexibility index (Phi) is 6.66. The van der Waals surface area contributed by atoms with Gasteiger partial charge >= 0.3 is 0 Å². The van der Waals surface area contributed by atoms with E-state index in [0.29, 0.717) is 24.9 Å². The molecule has 1 aromatic rings. The van der Waals surface area contributed by atoms with E-state index < -0.39 is 11.6 Å². The summed E-state index contributed by atoms with van der Waals surface area (Å²) in [5.41, 5.74) is 0. The summed E-state index contributed by atoms with van der Waals surface area (Å²) in [6.45, 7) is 8.11. The SMILES string of the molecule is CCNC(=NCCOc1ccc(F)c(F)c1)N1CCC(N2CCCC2)C1. The molecule has 2 fully saturated rings. The van der Waals surface area contributed by atoms with Gasteiger partial charge in [-0.05, 0) is 51.4 Å². The van der Waals surface area contributed by atoms with Gasteiger partial charge in [0, 0.05) is 31.7 Å². The molecule has 0 bridgehead atoms. The van der Waals surface area contributed by atoms with Gasteiger partial charge in [0.25, 0.3) is 0 Å². The van der Waals surface area contributed by atoms with E-state index in [2.05, 4.69) is 27.0 Å². The van der Waals surface area contributed by atoms with E-state index in [0.717, 1.165) is 37.7 Å². The van der Waals surface area contributed by atoms with E-state index in [4.69, 9.17) is 4.74 Å². The number of hydrogen-bond donors (Lipinski definition) is 1. The summed E-state index contributed by atoms with van der Waals surface area (Å²) in [5, 5.41) is 3.34. The molecule has 0 aromatic heterocycles. The van der Waals surface area contributed by atoms with Gasteiger partial charge in [-0.1, -0.05) is 0 Å². The molecule has 0 radical (unpaired) electrons. The second-order valence-corrected chi connectivity index (χ2v) is 6.79. The summed E-state index contributed by atoms with van der Waals surface area (Å²) >= 11 is 0. The summed E-state index contributed by atoms with van der Waals surface area (Å²) < 4.78 is 31.6. The van der Waals surface area contributed by atoms with Crippen molar-refractivity contribution in [1.29, 1.82) is 0 Å². The maximum atomic E-state index is 13.2. The Labute approximate surface area is 154 Å². The van der Waals surface area contributed by atoms with Crippen LogP contribution in [0.25, 0.3) is 0 Å². The molecule has 3 rings (SSSR count). The lowest BCUT2D eigenvalue weighted by Gasteiger charge is -2.25. The molecular formula is C19H28F2N4O. The lowest BCUT2D eigenvalue weighted by Crippen LogP contribution is -2.42. The number of ether oxygens (including phenoxy) is 1. The molecule has 1 aromatic carbocycles. The highest BCUT2D eigenvalue weighted by atomic mass is 19.2. The molecule has 26 heavy (non-hydrogen) atoms. The van der Waals surface area contributed by atoms with Gasteiger partial charge in [0.05, 0.1) is 6.54 Å². The molecule has 0 amide bonds. The molecule has 1 unspecified atom stereocenters. The zero-order chi connectivity index (χ0) is 18.4. The van der Waals surface area contributed by atoms with Crippen molar-refractivity contribution in [2.45, 2.75) is 32.2 Å². The molecule has 1 atom stereocenters. The first-order valence-electron chi connectivity index (χ1n) is 9.52. The van der Waals surface area contributed by atoms with Crippen LogP contribution in [0.5, 0.6) is 5.75 Å². The van der Waals surface area contributed by atoms with Crippen molar-refractivity contribution in [3.8, 4) is 5.75 Å². The number of rotatable bonds is 6. The third-order valence-corrected chi connectivity index (χ3v) is 4.97. The Morgan fingerprint density at radius 2 is 2.04 bits per heavy atom. The fraction of sp³-hybridized carbons (Fsp3) is 0.632. The van der Waals surface area contributed by atoms with Gasteiger partial charge in [-0.15, -0.1) is 0 Å². The van der Waals surface area contributed by atoms with Crippen molar-refractivity contribution in [1.82, 2.24) is 15.1 Å². The number of benzene rings is 1. The van der Waals surface area contributed by atoms with Gasteiger partial charge in [-0.2, -0.15) is 0 Å². The molecule has 1 N–H and O–H groups in total. The quantitative estimate of drug-likeness (QED) is 0.477. The molecule has 5 nitrogen and oxygen atoms in total. The van der Waals surface area contributed by atoms with Gasteiger partial charge < -0.3 is 15.0 Å². The normalized spacial score (nSPS) is 21.4. The smallest absolute Gasteiger partial charge is 0.194 e. The highest BCUT2D eigenvalue weighted by Crippen LogP contribution is 2.20. The van der Waals surface area contributed by atoms with E-state index in [1.54, 1.807) is 0 Å². The van der Waals surface area contributed by atoms with Gasteiger partial charge in [0.1, 0.15) is 12.4 Å². The number of nitrogens with zero attached hydrogens (tertiary/aromatic N) is 3. The maximum absolute atomic E-state index is 13.2. The predicted molar refractivity (Wildman–Crippen MR) is 98.6 cm³/mol. The van der Waals surface area contributed by atoms with Crippen molar-refractivity contribution in [3.63, 3.8) is 0 Å². The van der Waals surface area contributed by atoms with Gasteiger partial charge in [0.15, 0.2) is 17.6 Å². The predicted octanol–water partition coefficient (Wildman–Crippen LogP) is 2.48. The summed E-state index contributed by atoms with van der Waals surface area (Å²) in [5.74, 6) is -0.543. The van der Waals surface area contributed by atoms with Crippen molar-refractivity contribution < 1.29 is 13.5 Å². The fourth-order valence-electron chi connectivity index (χ4n) is 3.65. The van der Waals surface area contributed by atoms with Crippen LogP contribution < -0.4 is 10.1 Å². The topological polar surface area (TPSA) is 40.1 Å². The molecule has 7 heteroatoms. The third-order valence-electron chi connectivity index (χ3n) is 4.97. The molecule has 144 valence electrons. The lowest BCUT2D eigenvalue weighted by molar-refractivity contribution is 0.249. The van der Waals surface area contributed by atoms with Crippen molar-refractivity contribution >= 4 is 5.96 Å². The summed E-state index contributed by atoms with van der Waals surface area (Å²) in [7, 11) is 0. The second kappa shape index (κ2) is 9.16. The van der Waals surface area contributed by atoms with Crippen LogP contribution in [0.4, 0.5) is 8.78 Å². The van der Waals surface area contributed by atoms with Gasteiger partial charge in [-0.25, -0.2) is 13.8 Å². The standard InChI is InChI=1S/C19H28F2N4O/c1-2-22-19(25-11-7-15(14-25)24-9-3-4-10-24)23-8-12-26-16-5-6-17(20)18(21)13-16/h5-6,13,15H,2-4,7-12,14H2,1H3,(H,22,23). The Bertz CT molecular complexity index is 620. The Hall–Kier alpha value is -1.89. The third kappa shape index (κ3) is 4.84. The Balaban J connectivity index is 1.49. The average molecular weight is 366 g/mol. The number of likely N-dealkylation sites (tertiary alicyclic amines) is 2. The molecular weight excluding hydrogens is 338 g/mol. The fourth-order valence-corrected chi connectivity index (χ4v) is 3.65. The van der Waals surface area contributed by atoms with Gasteiger partial charge in [-0.3, -0.25) is 4.90 Å². The number of halogens is 2. The highest BCUT2D eigenvalue weighted by Gasteiger charge is 2.30. The first kappa shape index (κ1) is 18.9. The zero-order valence-corrected chi connectivity index (χ0v) is 15.4. The Morgan fingerprint density at radius 1 is 1.23 bits per heavy atom. The summed E-state index contributed by atoms with van der Waals surface area (Å²) in [4.78, 5) is 9.53. The van der Waals surface area contributed by atoms with E-state index in [9.17, 15) is 8.78 Å². The molecule has 0 saturated carbocycles. The van der Waals surface area contributed by atoms with Crippen LogP contribution in [0.2, 0.25) is 0 Å². The second-order valence-electron chi connectivity index (χ2n) is 6.79. The van der Waals surface area contributed by atoms with Crippen LogP contribution in [-0.4, -0.2) is 67.7 Å². The minimum absolute atomic E-state index is 0.319. The van der Waals surface area contributed by atoms with Gasteiger partial charge in [0.2, 0.25) is 0 Å². The van der Waals surface area contributed by atoms with E-state index in [-0.39, 0.29) is 0 Å². The molecule has 0 aliphatic carbocycles. The summed E-state index contributed by atoms with van der Waals surface area (Å²) in [6, 6.07) is 4.18. The van der Waals surface area contributed by atoms with Crippen LogP contribution in [-0.2, 0) is 0 Å². The highest BCUT2D eigenvalue weighted by molar-refractivity contribution is 5.80. The van der Waals surface area contributed by atoms with Crippen LogP contribution in [0.1, 0.15) is 26.2 Å². The monoisotopic (exact) mass is 366 g/mol. The molecule has 2 aliphatic rings. The first-order chi connectivity index (χ1) is 12.7. The van der Waals surface area contributed by atoms with E-state index >= 15 is 0 Å². The number of nitrogens with one attached hydrogen (secondary N) is 1. The van der Waals surface area contributed by atoms with E-state index in [1.807, 2.05) is 0 Å². The summed E-state index contributed by atoms with van der Waals surface area (Å²) in [6.07, 6.45) is 3.80. The van der Waals surface area contributed by atoms with Crippen LogP contribution in [0.15, 0.2) is 23.2 Å². The van der Waals surface area contributed by atoms with Crippen LogP contribution >= 0.6 is 0 Å². The average Bonchev–Trinajstić information content (AvgIpc) is 3.32. The van der Waals surface area contributed by atoms with Crippen molar-refractivity contribution in [3.05, 3.63) is 29.8 Å². The first-order valence-corrected chi connectivity index (χ1v) is 9.52. The maximum Gasteiger partial charge on any atom is 0.194 e. The minimum Gasteiger partial charge on any atom is -0.492 e. The molecule has 0 spiro atoms. The zero-order valence-electron chi connectivity index (χ0n) is 15.4. The van der Waals surface area contributed by atoms with Crippen LogP contribution in [0, 0.1) is 11.6 Å². The minimum atomic E-state index is -0.899. The van der Waals surface area contributed by atoms with E-state index in [1.165, 1.54) is 38.4 Å². The van der Waals surface area contributed by atoms with Crippen molar-refractivity contribution in [2.75, 3.05) is 45.9 Å².